The maximum atomic E-state index is 12.7. The molecule has 1 amide bonds. The van der Waals surface area contributed by atoms with Crippen molar-refractivity contribution in [2.45, 2.75) is 19.4 Å². The number of benzene rings is 1. The van der Waals surface area contributed by atoms with Crippen LogP contribution in [0.2, 0.25) is 0 Å². The average molecular weight is 285 g/mol. The van der Waals surface area contributed by atoms with Crippen LogP contribution in [0.5, 0.6) is 0 Å². The van der Waals surface area contributed by atoms with E-state index in [9.17, 15) is 4.79 Å². The number of nitrogens with one attached hydrogen (secondary N) is 1. The number of amides is 1. The first-order chi connectivity index (χ1) is 10.2. The molecule has 1 aliphatic rings. The van der Waals surface area contributed by atoms with Gasteiger partial charge in [-0.05, 0) is 19.1 Å². The lowest BCUT2D eigenvalue weighted by Gasteiger charge is -2.32. The molecule has 110 valence electrons. The minimum Gasteiger partial charge on any atom is -0.497 e. The van der Waals surface area contributed by atoms with Gasteiger partial charge in [0.05, 0.1) is 6.04 Å². The van der Waals surface area contributed by atoms with Gasteiger partial charge in [0.2, 0.25) is 0 Å². The Bertz CT molecular complexity index is 657. The highest BCUT2D eigenvalue weighted by Crippen LogP contribution is 2.20. The smallest absolute Gasteiger partial charge is 0.270 e. The zero-order valence-electron chi connectivity index (χ0n) is 12.0. The molecule has 0 fully saturated rings. The highest BCUT2D eigenvalue weighted by atomic mass is 16.5. The van der Waals surface area contributed by atoms with Gasteiger partial charge in [0.1, 0.15) is 18.6 Å². The molecule has 0 bridgehead atoms. The minimum atomic E-state index is -0.0167. The third kappa shape index (κ3) is 2.59. The zero-order valence-corrected chi connectivity index (χ0v) is 12.0. The number of hydrogen-bond acceptors (Lipinski definition) is 3. The topological polar surface area (TPSA) is 71.3 Å². The monoisotopic (exact) mass is 285 g/mol. The Morgan fingerprint density at radius 2 is 2.29 bits per heavy atom. The maximum Gasteiger partial charge on any atom is 0.270 e. The molecule has 3 rings (SSSR count). The number of aromatic nitrogens is 1. The molecule has 0 unspecified atom stereocenters. The fourth-order valence-electron chi connectivity index (χ4n) is 2.76. The summed E-state index contributed by atoms with van der Waals surface area (Å²) >= 11 is 0. The van der Waals surface area contributed by atoms with E-state index in [-0.39, 0.29) is 11.9 Å². The second-order valence-electron chi connectivity index (χ2n) is 5.25. The Labute approximate surface area is 123 Å². The molecule has 0 aliphatic carbocycles. The van der Waals surface area contributed by atoms with Gasteiger partial charge in [-0.15, -0.1) is 0 Å². The number of rotatable bonds is 3. The molecule has 2 heterocycles. The molecule has 1 aliphatic heterocycles. The predicted molar refractivity (Wildman–Crippen MR) is 81.6 cm³/mol. The molecule has 0 radical (unpaired) electrons. The van der Waals surface area contributed by atoms with Crippen molar-refractivity contribution in [2.24, 2.45) is 5.73 Å². The summed E-state index contributed by atoms with van der Waals surface area (Å²) in [6, 6.07) is 9.74. The van der Waals surface area contributed by atoms with Crippen molar-refractivity contribution < 1.29 is 9.53 Å². The molecular formula is C16H19N3O2. The van der Waals surface area contributed by atoms with E-state index >= 15 is 0 Å². The van der Waals surface area contributed by atoms with E-state index in [1.165, 1.54) is 0 Å². The van der Waals surface area contributed by atoms with Crippen LogP contribution in [-0.4, -0.2) is 35.0 Å². The van der Waals surface area contributed by atoms with Crippen LogP contribution in [0.1, 0.15) is 23.8 Å². The molecule has 0 spiro atoms. The summed E-state index contributed by atoms with van der Waals surface area (Å²) in [5.74, 6) is -0.0167. The van der Waals surface area contributed by atoms with Crippen LogP contribution in [0, 0.1) is 0 Å². The lowest BCUT2D eigenvalue weighted by atomic mass is 10.1. The SMILES string of the molecule is CCN(C(=O)c1cc2ccccc2[nH]1)[C@H]1COC=C(N)C1. The average Bonchev–Trinajstić information content (AvgIpc) is 2.92. The van der Waals surface area contributed by atoms with E-state index in [2.05, 4.69) is 4.98 Å². The van der Waals surface area contributed by atoms with Gasteiger partial charge in [0.25, 0.3) is 5.91 Å². The standard InChI is InChI=1S/C16H19N3O2/c1-2-19(13-8-12(17)9-21-10-13)16(20)15-7-11-5-3-4-6-14(11)18-15/h3-7,9,13,18H,2,8,10,17H2,1H3/t13-/m1/s1. The number of nitrogens with zero attached hydrogens (tertiary/aromatic N) is 1. The number of aromatic amines is 1. The van der Waals surface area contributed by atoms with E-state index in [1.807, 2.05) is 42.2 Å². The van der Waals surface area contributed by atoms with Crippen molar-refractivity contribution in [3.8, 4) is 0 Å². The second-order valence-corrected chi connectivity index (χ2v) is 5.25. The number of carbonyl (C=O) groups excluding carboxylic acids is 1. The maximum absolute atomic E-state index is 12.7. The Morgan fingerprint density at radius 3 is 3.00 bits per heavy atom. The van der Waals surface area contributed by atoms with E-state index in [4.69, 9.17) is 10.5 Å². The van der Waals surface area contributed by atoms with Crippen molar-refractivity contribution >= 4 is 16.8 Å². The van der Waals surface area contributed by atoms with Crippen LogP contribution in [0.3, 0.4) is 0 Å². The van der Waals surface area contributed by atoms with Crippen LogP contribution in [-0.2, 0) is 4.74 Å². The van der Waals surface area contributed by atoms with Crippen LogP contribution in [0.15, 0.2) is 42.3 Å². The zero-order chi connectivity index (χ0) is 14.8. The summed E-state index contributed by atoms with van der Waals surface area (Å²) in [6.45, 7) is 3.07. The third-order valence-corrected chi connectivity index (χ3v) is 3.80. The van der Waals surface area contributed by atoms with Crippen molar-refractivity contribution in [2.75, 3.05) is 13.2 Å². The molecule has 2 aromatic rings. The number of ether oxygens (including phenoxy) is 1. The van der Waals surface area contributed by atoms with E-state index in [0.717, 1.165) is 10.9 Å². The third-order valence-electron chi connectivity index (χ3n) is 3.80. The number of fused-ring (bicyclic) bond motifs is 1. The number of para-hydroxylation sites is 1. The summed E-state index contributed by atoms with van der Waals surface area (Å²) in [6.07, 6.45) is 2.22. The first-order valence-corrected chi connectivity index (χ1v) is 7.14. The predicted octanol–water partition coefficient (Wildman–Crippen LogP) is 2.22. The largest absolute Gasteiger partial charge is 0.497 e. The fourth-order valence-corrected chi connectivity index (χ4v) is 2.76. The van der Waals surface area contributed by atoms with Gasteiger partial charge in [0.15, 0.2) is 0 Å². The van der Waals surface area contributed by atoms with Gasteiger partial charge >= 0.3 is 0 Å². The van der Waals surface area contributed by atoms with E-state index in [0.29, 0.717) is 31.0 Å². The van der Waals surface area contributed by atoms with Crippen molar-refractivity contribution in [1.82, 2.24) is 9.88 Å². The minimum absolute atomic E-state index is 0.0149. The molecule has 3 N–H and O–H groups in total. The molecule has 0 saturated heterocycles. The van der Waals surface area contributed by atoms with E-state index < -0.39 is 0 Å². The molecule has 0 saturated carbocycles. The van der Waals surface area contributed by atoms with Crippen LogP contribution >= 0.6 is 0 Å². The van der Waals surface area contributed by atoms with Gasteiger partial charge in [-0.2, -0.15) is 0 Å². The number of hydrogen-bond donors (Lipinski definition) is 2. The number of carbonyl (C=O) groups is 1. The molecule has 1 aromatic carbocycles. The first-order valence-electron chi connectivity index (χ1n) is 7.14. The number of H-pyrrole nitrogens is 1. The van der Waals surface area contributed by atoms with Crippen molar-refractivity contribution in [3.05, 3.63) is 48.0 Å². The molecule has 1 atom stereocenters. The van der Waals surface area contributed by atoms with E-state index in [1.54, 1.807) is 6.26 Å². The van der Waals surface area contributed by atoms with Crippen LogP contribution < -0.4 is 5.73 Å². The highest BCUT2D eigenvalue weighted by molar-refractivity contribution is 5.98. The lowest BCUT2D eigenvalue weighted by molar-refractivity contribution is 0.0548. The van der Waals surface area contributed by atoms with Crippen LogP contribution in [0.4, 0.5) is 0 Å². The van der Waals surface area contributed by atoms with Gasteiger partial charge in [-0.3, -0.25) is 4.79 Å². The number of likely N-dealkylation sites (N-methyl/N-ethyl adjacent to an activating group) is 1. The van der Waals surface area contributed by atoms with Crippen molar-refractivity contribution in [3.63, 3.8) is 0 Å². The summed E-state index contributed by atoms with van der Waals surface area (Å²) in [5, 5.41) is 1.04. The summed E-state index contributed by atoms with van der Waals surface area (Å²) in [4.78, 5) is 17.7. The molecule has 1 aromatic heterocycles. The van der Waals surface area contributed by atoms with Gasteiger partial charge < -0.3 is 20.4 Å². The van der Waals surface area contributed by atoms with Crippen LogP contribution in [0.25, 0.3) is 10.9 Å². The molecule has 21 heavy (non-hydrogen) atoms. The quantitative estimate of drug-likeness (QED) is 0.908. The summed E-state index contributed by atoms with van der Waals surface area (Å²) in [7, 11) is 0. The van der Waals surface area contributed by atoms with Gasteiger partial charge in [-0.1, -0.05) is 18.2 Å². The highest BCUT2D eigenvalue weighted by Gasteiger charge is 2.27. The lowest BCUT2D eigenvalue weighted by Crippen LogP contribution is -2.44. The molecule has 5 heteroatoms. The normalized spacial score (nSPS) is 18.1. The number of nitrogens with two attached hydrogens (primary N) is 1. The summed E-state index contributed by atoms with van der Waals surface area (Å²) in [5.41, 5.74) is 8.05. The van der Waals surface area contributed by atoms with Gasteiger partial charge in [0, 0.05) is 29.6 Å². The Kier molecular flexibility index (Phi) is 3.56. The fraction of sp³-hybridized carbons (Fsp3) is 0.312. The molecular weight excluding hydrogens is 266 g/mol. The first kappa shape index (κ1) is 13.5. The Balaban J connectivity index is 1.86. The summed E-state index contributed by atoms with van der Waals surface area (Å²) < 4.78 is 5.33. The molecule has 5 nitrogen and oxygen atoms in total. The van der Waals surface area contributed by atoms with Gasteiger partial charge in [-0.25, -0.2) is 0 Å². The Morgan fingerprint density at radius 1 is 1.48 bits per heavy atom. The Hall–Kier alpha value is -2.43. The van der Waals surface area contributed by atoms with Crippen molar-refractivity contribution in [1.29, 1.82) is 0 Å². The second kappa shape index (κ2) is 5.52.